The average molecular weight is 578 g/mol. The van der Waals surface area contributed by atoms with Gasteiger partial charge < -0.3 is 32.6 Å². The zero-order valence-electron chi connectivity index (χ0n) is 24.8. The van der Waals surface area contributed by atoms with E-state index in [1.54, 1.807) is 0 Å². The number of unbranched alkanes of at least 4 members (excludes halogenated alkanes) is 7. The molecular formula is C28H52NO9P. The number of carbonyl (C=O) groups excluding carboxylic acids is 2. The van der Waals surface area contributed by atoms with Gasteiger partial charge in [-0.1, -0.05) is 57.6 Å². The molecule has 1 fully saturated rings. The van der Waals surface area contributed by atoms with Crippen LogP contribution in [0.2, 0.25) is 0 Å². The van der Waals surface area contributed by atoms with E-state index in [0.717, 1.165) is 38.5 Å². The Morgan fingerprint density at radius 3 is 2.38 bits per heavy atom. The van der Waals surface area contributed by atoms with Gasteiger partial charge in [-0.15, -0.1) is 0 Å². The van der Waals surface area contributed by atoms with Crippen molar-refractivity contribution in [3.05, 3.63) is 12.2 Å². The Morgan fingerprint density at radius 1 is 0.974 bits per heavy atom. The van der Waals surface area contributed by atoms with E-state index in [1.807, 2.05) is 21.1 Å². The van der Waals surface area contributed by atoms with E-state index in [-0.39, 0.29) is 19.6 Å². The number of allylic oxidation sites excluding steroid dienone is 1. The number of quaternary nitrogens is 1. The van der Waals surface area contributed by atoms with Gasteiger partial charge in [-0.05, 0) is 32.1 Å². The highest BCUT2D eigenvalue weighted by atomic mass is 31.2. The Balaban J connectivity index is 2.09. The summed E-state index contributed by atoms with van der Waals surface area (Å²) < 4.78 is 38.0. The van der Waals surface area contributed by atoms with E-state index in [4.69, 9.17) is 23.3 Å². The van der Waals surface area contributed by atoms with Crippen LogP contribution in [0.3, 0.4) is 0 Å². The number of nitrogens with zero attached hydrogens (tertiary/aromatic N) is 1. The first-order chi connectivity index (χ1) is 18.4. The van der Waals surface area contributed by atoms with Gasteiger partial charge in [0, 0.05) is 13.3 Å². The van der Waals surface area contributed by atoms with E-state index in [0.29, 0.717) is 29.7 Å². The molecular weight excluding hydrogens is 525 g/mol. The summed E-state index contributed by atoms with van der Waals surface area (Å²) in [7, 11) is 1.14. The number of epoxide rings is 1. The molecule has 0 aliphatic carbocycles. The van der Waals surface area contributed by atoms with Crippen LogP contribution in [-0.4, -0.2) is 82.2 Å². The molecule has 10 nitrogen and oxygen atoms in total. The smallest absolute Gasteiger partial charge is 0.305 e. The molecule has 0 aromatic heterocycles. The maximum absolute atomic E-state index is 12.1. The Kier molecular flexibility index (Phi) is 18.1. The average Bonchev–Trinajstić information content (AvgIpc) is 3.59. The Hall–Kier alpha value is -1.29. The number of hydrogen-bond acceptors (Lipinski definition) is 9. The van der Waals surface area contributed by atoms with Crippen molar-refractivity contribution in [2.75, 3.05) is 47.5 Å². The lowest BCUT2D eigenvalue weighted by Crippen LogP contribution is -2.37. The normalized spacial score (nSPS) is 19.5. The van der Waals surface area contributed by atoms with E-state index < -0.39 is 32.5 Å². The van der Waals surface area contributed by atoms with Crippen LogP contribution in [-0.2, 0) is 37.4 Å². The van der Waals surface area contributed by atoms with Gasteiger partial charge in [-0.2, -0.15) is 0 Å². The highest BCUT2D eigenvalue weighted by molar-refractivity contribution is 7.45. The first-order valence-electron chi connectivity index (χ1n) is 14.5. The van der Waals surface area contributed by atoms with E-state index in [9.17, 15) is 19.0 Å². The molecule has 1 heterocycles. The van der Waals surface area contributed by atoms with Crippen molar-refractivity contribution >= 4 is 19.8 Å². The summed E-state index contributed by atoms with van der Waals surface area (Å²) in [5.41, 5.74) is 0. The lowest BCUT2D eigenvalue weighted by atomic mass is 10.1. The number of phosphoric acid groups is 1. The van der Waals surface area contributed by atoms with E-state index in [1.165, 1.54) is 32.6 Å². The summed E-state index contributed by atoms with van der Waals surface area (Å²) in [6.45, 7) is 3.06. The highest BCUT2D eigenvalue weighted by Gasteiger charge is 2.36. The van der Waals surface area contributed by atoms with Crippen LogP contribution in [0.1, 0.15) is 90.9 Å². The molecule has 0 N–H and O–H groups in total. The third-order valence-electron chi connectivity index (χ3n) is 6.26. The van der Waals surface area contributed by atoms with Crippen molar-refractivity contribution < 1.29 is 46.8 Å². The first-order valence-corrected chi connectivity index (χ1v) is 15.9. The zero-order chi connectivity index (χ0) is 29.2. The Labute approximate surface area is 235 Å². The first kappa shape index (κ1) is 35.7. The van der Waals surface area contributed by atoms with Crippen LogP contribution in [0.5, 0.6) is 0 Å². The molecule has 39 heavy (non-hydrogen) atoms. The van der Waals surface area contributed by atoms with Crippen molar-refractivity contribution in [1.82, 2.24) is 0 Å². The fraction of sp³-hybridized carbons (Fsp3) is 0.857. The quantitative estimate of drug-likeness (QED) is 0.0401. The molecule has 1 rings (SSSR count). The Bertz CT molecular complexity index is 769. The van der Waals surface area contributed by atoms with Crippen LogP contribution in [0.25, 0.3) is 0 Å². The zero-order valence-corrected chi connectivity index (χ0v) is 25.7. The fourth-order valence-electron chi connectivity index (χ4n) is 3.89. The maximum Gasteiger partial charge on any atom is 0.305 e. The van der Waals surface area contributed by atoms with Crippen LogP contribution >= 0.6 is 7.82 Å². The van der Waals surface area contributed by atoms with Crippen molar-refractivity contribution in [2.24, 2.45) is 0 Å². The minimum Gasteiger partial charge on any atom is -0.756 e. The molecule has 0 aromatic carbocycles. The summed E-state index contributed by atoms with van der Waals surface area (Å²) >= 11 is 0. The predicted molar refractivity (Wildman–Crippen MR) is 148 cm³/mol. The van der Waals surface area contributed by atoms with Crippen molar-refractivity contribution in [2.45, 2.75) is 109 Å². The predicted octanol–water partition coefficient (Wildman–Crippen LogP) is 4.69. The van der Waals surface area contributed by atoms with Gasteiger partial charge in [0.05, 0.1) is 40.0 Å². The van der Waals surface area contributed by atoms with Crippen LogP contribution in [0.15, 0.2) is 12.2 Å². The summed E-state index contributed by atoms with van der Waals surface area (Å²) in [6.07, 6.45) is 16.6. The van der Waals surface area contributed by atoms with Gasteiger partial charge in [-0.25, -0.2) is 0 Å². The minimum absolute atomic E-state index is 0.0380. The number of phosphoric ester groups is 1. The van der Waals surface area contributed by atoms with Gasteiger partial charge in [0.2, 0.25) is 0 Å². The monoisotopic (exact) mass is 577 g/mol. The summed E-state index contributed by atoms with van der Waals surface area (Å²) in [5, 5.41) is 0. The molecule has 0 spiro atoms. The highest BCUT2D eigenvalue weighted by Crippen LogP contribution is 2.38. The molecule has 228 valence electrons. The van der Waals surface area contributed by atoms with Gasteiger partial charge in [0.15, 0.2) is 6.10 Å². The SMILES string of the molecule is CCCCCC1OC1C/C=C\CCCCCCCC(=O)OC[C@H](COP(=O)([O-])OCC[N+](C)(C)C)OC(C)=O. The molecule has 1 saturated heterocycles. The molecule has 0 saturated carbocycles. The number of hydrogen-bond donors (Lipinski definition) is 0. The largest absolute Gasteiger partial charge is 0.756 e. The maximum atomic E-state index is 12.1. The second-order valence-electron chi connectivity index (χ2n) is 11.2. The molecule has 0 radical (unpaired) electrons. The number of carbonyl (C=O) groups is 2. The van der Waals surface area contributed by atoms with Crippen LogP contribution < -0.4 is 4.89 Å². The summed E-state index contributed by atoms with van der Waals surface area (Å²) in [6, 6.07) is 0. The molecule has 0 bridgehead atoms. The van der Waals surface area contributed by atoms with Crippen molar-refractivity contribution in [3.63, 3.8) is 0 Å². The molecule has 0 amide bonds. The number of rotatable bonds is 24. The number of likely N-dealkylation sites (N-methyl/N-ethyl adjacent to an activating group) is 1. The molecule has 4 atom stereocenters. The van der Waals surface area contributed by atoms with Crippen LogP contribution in [0.4, 0.5) is 0 Å². The fourth-order valence-corrected chi connectivity index (χ4v) is 4.62. The number of esters is 2. The second-order valence-corrected chi connectivity index (χ2v) is 12.6. The molecule has 0 aromatic rings. The van der Waals surface area contributed by atoms with E-state index >= 15 is 0 Å². The summed E-state index contributed by atoms with van der Waals surface area (Å²) in [4.78, 5) is 35.4. The second kappa shape index (κ2) is 19.7. The third-order valence-corrected chi connectivity index (χ3v) is 7.22. The lowest BCUT2D eigenvalue weighted by Gasteiger charge is -2.28. The molecule has 1 aliphatic heterocycles. The van der Waals surface area contributed by atoms with Crippen LogP contribution in [0, 0.1) is 0 Å². The summed E-state index contributed by atoms with van der Waals surface area (Å²) in [5.74, 6) is -1.05. The standard InChI is InChI=1S/C28H52NO9P/c1-6-7-14-17-26-27(38-26)18-15-12-10-8-9-11-13-16-19-28(31)34-22-25(37-24(2)30)23-36-39(32,33)35-21-20-29(3,4)5/h12,15,25-27H,6-11,13-14,16-23H2,1-5H3/b15-12-/t25-,26?,27?/m1/s1. The molecule has 11 heteroatoms. The molecule has 1 aliphatic rings. The van der Waals surface area contributed by atoms with E-state index in [2.05, 4.69) is 19.1 Å². The van der Waals surface area contributed by atoms with Gasteiger partial charge in [0.25, 0.3) is 7.82 Å². The van der Waals surface area contributed by atoms with Gasteiger partial charge in [-0.3, -0.25) is 14.2 Å². The third kappa shape index (κ3) is 21.2. The van der Waals surface area contributed by atoms with Crippen molar-refractivity contribution in [3.8, 4) is 0 Å². The lowest BCUT2D eigenvalue weighted by molar-refractivity contribution is -0.870. The van der Waals surface area contributed by atoms with Gasteiger partial charge in [0.1, 0.15) is 19.8 Å². The van der Waals surface area contributed by atoms with Crippen molar-refractivity contribution in [1.29, 1.82) is 0 Å². The minimum atomic E-state index is -4.57. The van der Waals surface area contributed by atoms with Gasteiger partial charge >= 0.3 is 11.9 Å². The number of ether oxygens (including phenoxy) is 3. The Morgan fingerprint density at radius 2 is 1.69 bits per heavy atom. The molecule has 3 unspecified atom stereocenters. The topological polar surface area (TPSA) is 124 Å².